The first-order valence-electron chi connectivity index (χ1n) is 7.47. The van der Waals surface area contributed by atoms with E-state index in [9.17, 15) is 9.90 Å². The molecule has 2 unspecified atom stereocenters. The molecule has 1 fully saturated rings. The fourth-order valence-corrected chi connectivity index (χ4v) is 2.64. The number of carbonyl (C=O) groups excluding carboxylic acids is 1. The zero-order valence-electron chi connectivity index (χ0n) is 13.3. The molecule has 1 aliphatic heterocycles. The largest absolute Gasteiger partial charge is 0.481 e. The normalized spacial score (nSPS) is 20.5. The lowest BCUT2D eigenvalue weighted by atomic mass is 10.2. The van der Waals surface area contributed by atoms with Gasteiger partial charge in [0.2, 0.25) is 5.88 Å². The molecule has 1 saturated heterocycles. The van der Waals surface area contributed by atoms with Gasteiger partial charge in [0.05, 0.1) is 25.1 Å². The van der Waals surface area contributed by atoms with Crippen LogP contribution in [0.3, 0.4) is 0 Å². The number of urea groups is 1. The van der Waals surface area contributed by atoms with Crippen molar-refractivity contribution in [2.45, 2.75) is 26.0 Å². The average Bonchev–Trinajstić information content (AvgIpc) is 2.47. The Kier molecular flexibility index (Phi) is 5.57. The van der Waals surface area contributed by atoms with E-state index < -0.39 is 0 Å². The minimum atomic E-state index is -0.349. The van der Waals surface area contributed by atoms with Crippen LogP contribution in [-0.2, 0) is 0 Å². The van der Waals surface area contributed by atoms with Crippen molar-refractivity contribution in [3.63, 3.8) is 0 Å². The third kappa shape index (κ3) is 4.32. The summed E-state index contributed by atoms with van der Waals surface area (Å²) in [7, 11) is 1.55. The Labute approximate surface area is 130 Å². The van der Waals surface area contributed by atoms with E-state index >= 15 is 0 Å². The first-order chi connectivity index (χ1) is 10.5. The van der Waals surface area contributed by atoms with E-state index in [4.69, 9.17) is 4.74 Å². The maximum Gasteiger partial charge on any atom is 0.322 e. The van der Waals surface area contributed by atoms with E-state index in [1.54, 1.807) is 32.4 Å². The first kappa shape index (κ1) is 16.5. The van der Waals surface area contributed by atoms with Gasteiger partial charge in [-0.25, -0.2) is 9.78 Å². The molecule has 7 nitrogen and oxygen atoms in total. The van der Waals surface area contributed by atoms with Gasteiger partial charge in [-0.3, -0.25) is 4.90 Å². The lowest BCUT2D eigenvalue weighted by Gasteiger charge is -2.40. The van der Waals surface area contributed by atoms with E-state index in [0.29, 0.717) is 24.7 Å². The van der Waals surface area contributed by atoms with Crippen molar-refractivity contribution in [1.29, 1.82) is 0 Å². The first-order valence-corrected chi connectivity index (χ1v) is 7.47. The van der Waals surface area contributed by atoms with Crippen LogP contribution in [0.2, 0.25) is 0 Å². The fraction of sp³-hybridized carbons (Fsp3) is 0.600. The van der Waals surface area contributed by atoms with Gasteiger partial charge in [-0.15, -0.1) is 0 Å². The second kappa shape index (κ2) is 7.42. The van der Waals surface area contributed by atoms with Crippen LogP contribution in [0.5, 0.6) is 5.88 Å². The number of methoxy groups -OCH3 is 1. The van der Waals surface area contributed by atoms with Crippen molar-refractivity contribution in [2.24, 2.45) is 0 Å². The Balaban J connectivity index is 1.89. The lowest BCUT2D eigenvalue weighted by molar-refractivity contribution is 0.0692. The molecular weight excluding hydrogens is 284 g/mol. The number of hydrogen-bond donors (Lipinski definition) is 2. The van der Waals surface area contributed by atoms with Crippen LogP contribution in [0.4, 0.5) is 10.5 Å². The molecule has 7 heteroatoms. The minimum absolute atomic E-state index is 0.0960. The summed E-state index contributed by atoms with van der Waals surface area (Å²) in [5.41, 5.74) is 0.643. The van der Waals surface area contributed by atoms with Crippen molar-refractivity contribution in [2.75, 3.05) is 38.6 Å². The Morgan fingerprint density at radius 2 is 2.32 bits per heavy atom. The standard InChI is InChI=1S/C15H24N4O3/c1-11-9-18(10-12(2)20)6-7-19(11)15(21)17-13-4-5-14(22-3)16-8-13/h4-5,8,11-12,20H,6-7,9-10H2,1-3H3,(H,17,21). The van der Waals surface area contributed by atoms with Gasteiger partial charge in [0, 0.05) is 38.3 Å². The molecule has 1 aliphatic rings. The second-order valence-electron chi connectivity index (χ2n) is 5.67. The van der Waals surface area contributed by atoms with E-state index in [-0.39, 0.29) is 18.2 Å². The van der Waals surface area contributed by atoms with E-state index in [2.05, 4.69) is 15.2 Å². The van der Waals surface area contributed by atoms with Gasteiger partial charge < -0.3 is 20.1 Å². The number of aliphatic hydroxyl groups is 1. The predicted octanol–water partition coefficient (Wildman–Crippen LogP) is 1.01. The van der Waals surface area contributed by atoms with Gasteiger partial charge in [0.25, 0.3) is 0 Å². The Bertz CT molecular complexity index is 492. The van der Waals surface area contributed by atoms with Crippen LogP contribution >= 0.6 is 0 Å². The molecule has 2 atom stereocenters. The van der Waals surface area contributed by atoms with Crippen LogP contribution in [0, 0.1) is 0 Å². The molecule has 1 aromatic rings. The number of ether oxygens (including phenoxy) is 1. The highest BCUT2D eigenvalue weighted by Crippen LogP contribution is 2.15. The van der Waals surface area contributed by atoms with Gasteiger partial charge in [-0.2, -0.15) is 0 Å². The van der Waals surface area contributed by atoms with Crippen LogP contribution in [0.15, 0.2) is 18.3 Å². The summed E-state index contributed by atoms with van der Waals surface area (Å²) >= 11 is 0. The number of aliphatic hydroxyl groups excluding tert-OH is 1. The highest BCUT2D eigenvalue weighted by Gasteiger charge is 2.27. The molecule has 122 valence electrons. The second-order valence-corrected chi connectivity index (χ2v) is 5.67. The number of amides is 2. The van der Waals surface area contributed by atoms with Gasteiger partial charge in [0.1, 0.15) is 0 Å². The summed E-state index contributed by atoms with van der Waals surface area (Å²) < 4.78 is 4.99. The van der Waals surface area contributed by atoms with Gasteiger partial charge >= 0.3 is 6.03 Å². The van der Waals surface area contributed by atoms with Crippen molar-refractivity contribution in [3.8, 4) is 5.88 Å². The van der Waals surface area contributed by atoms with E-state index in [0.717, 1.165) is 13.1 Å². The summed E-state index contributed by atoms with van der Waals surface area (Å²) in [5, 5.41) is 12.3. The highest BCUT2D eigenvalue weighted by atomic mass is 16.5. The highest BCUT2D eigenvalue weighted by molar-refractivity contribution is 5.89. The lowest BCUT2D eigenvalue weighted by Crippen LogP contribution is -2.56. The molecule has 0 aliphatic carbocycles. The summed E-state index contributed by atoms with van der Waals surface area (Å²) in [6.07, 6.45) is 1.23. The summed E-state index contributed by atoms with van der Waals surface area (Å²) in [6.45, 7) is 6.61. The average molecular weight is 308 g/mol. The molecule has 0 radical (unpaired) electrons. The number of piperazine rings is 1. The summed E-state index contributed by atoms with van der Waals surface area (Å²) in [5.74, 6) is 0.512. The van der Waals surface area contributed by atoms with Crippen molar-refractivity contribution in [1.82, 2.24) is 14.8 Å². The fourth-order valence-electron chi connectivity index (χ4n) is 2.64. The third-order valence-corrected chi connectivity index (χ3v) is 3.69. The van der Waals surface area contributed by atoms with Gasteiger partial charge in [-0.05, 0) is 19.9 Å². The van der Waals surface area contributed by atoms with Gasteiger partial charge in [-0.1, -0.05) is 0 Å². The molecule has 0 saturated carbocycles. The maximum absolute atomic E-state index is 12.3. The van der Waals surface area contributed by atoms with E-state index in [1.165, 1.54) is 0 Å². The number of aromatic nitrogens is 1. The number of nitrogens with one attached hydrogen (secondary N) is 1. The molecule has 2 amide bonds. The number of anilines is 1. The number of rotatable bonds is 4. The van der Waals surface area contributed by atoms with Crippen molar-refractivity contribution < 1.29 is 14.6 Å². The molecule has 2 heterocycles. The maximum atomic E-state index is 12.3. The number of pyridine rings is 1. The monoisotopic (exact) mass is 308 g/mol. The zero-order chi connectivity index (χ0) is 16.1. The molecule has 2 rings (SSSR count). The molecule has 1 aromatic heterocycles. The van der Waals surface area contributed by atoms with Crippen molar-refractivity contribution >= 4 is 11.7 Å². The summed E-state index contributed by atoms with van der Waals surface area (Å²) in [6, 6.07) is 3.44. The van der Waals surface area contributed by atoms with Crippen LogP contribution in [0.25, 0.3) is 0 Å². The third-order valence-electron chi connectivity index (χ3n) is 3.69. The quantitative estimate of drug-likeness (QED) is 0.868. The topological polar surface area (TPSA) is 77.9 Å². The molecule has 0 spiro atoms. The van der Waals surface area contributed by atoms with E-state index in [1.807, 2.05) is 11.8 Å². The SMILES string of the molecule is COc1ccc(NC(=O)N2CCN(CC(C)O)CC2C)cn1. The Morgan fingerprint density at radius 1 is 1.55 bits per heavy atom. The predicted molar refractivity (Wildman–Crippen MR) is 84.1 cm³/mol. The molecule has 0 bridgehead atoms. The van der Waals surface area contributed by atoms with Crippen LogP contribution < -0.4 is 10.1 Å². The molecule has 0 aromatic carbocycles. The van der Waals surface area contributed by atoms with Crippen molar-refractivity contribution in [3.05, 3.63) is 18.3 Å². The van der Waals surface area contributed by atoms with Gasteiger partial charge in [0.15, 0.2) is 0 Å². The molecular formula is C15H24N4O3. The van der Waals surface area contributed by atoms with Crippen LogP contribution in [0.1, 0.15) is 13.8 Å². The molecule has 2 N–H and O–H groups in total. The number of hydrogen-bond acceptors (Lipinski definition) is 5. The number of β-amino-alcohol motifs (C(OH)–C–C–N with tert-alkyl or cyclic N) is 1. The smallest absolute Gasteiger partial charge is 0.322 e. The van der Waals surface area contributed by atoms with Crippen LogP contribution in [-0.4, -0.2) is 71.4 Å². The Morgan fingerprint density at radius 3 is 2.86 bits per heavy atom. The minimum Gasteiger partial charge on any atom is -0.481 e. The molecule has 22 heavy (non-hydrogen) atoms. The number of nitrogens with zero attached hydrogens (tertiary/aromatic N) is 3. The zero-order valence-corrected chi connectivity index (χ0v) is 13.3. The Hall–Kier alpha value is -1.86. The summed E-state index contributed by atoms with van der Waals surface area (Å²) in [4.78, 5) is 20.4. The number of carbonyl (C=O) groups is 1.